The summed E-state index contributed by atoms with van der Waals surface area (Å²) in [5, 5.41) is 5.81. The van der Waals surface area contributed by atoms with Crippen LogP contribution in [-0.4, -0.2) is 12.0 Å². The number of rotatable bonds is 4. The van der Waals surface area contributed by atoms with Gasteiger partial charge in [-0.1, -0.05) is 0 Å². The van der Waals surface area contributed by atoms with Gasteiger partial charge < -0.3 is 5.32 Å². The van der Waals surface area contributed by atoms with Crippen LogP contribution in [0.5, 0.6) is 0 Å². The van der Waals surface area contributed by atoms with Gasteiger partial charge in [0, 0.05) is 24.4 Å². The molecule has 0 amide bonds. The predicted molar refractivity (Wildman–Crippen MR) is 64.0 cm³/mol. The van der Waals surface area contributed by atoms with E-state index in [4.69, 9.17) is 0 Å². The molecule has 17 heavy (non-hydrogen) atoms. The molecule has 0 aliphatic rings. The Labute approximate surface area is 102 Å². The maximum atomic E-state index is 13.0. The molecular weight excluding hydrogens is 242 g/mol. The van der Waals surface area contributed by atoms with E-state index in [0.29, 0.717) is 18.5 Å². The topological polar surface area (TPSA) is 24.9 Å². The van der Waals surface area contributed by atoms with Gasteiger partial charge in [0.2, 0.25) is 0 Å². The van der Waals surface area contributed by atoms with Crippen LogP contribution in [0.2, 0.25) is 0 Å². The van der Waals surface area contributed by atoms with Crippen molar-refractivity contribution in [1.82, 2.24) is 10.3 Å². The van der Waals surface area contributed by atoms with Gasteiger partial charge in [-0.25, -0.2) is 13.8 Å². The van der Waals surface area contributed by atoms with Crippen LogP contribution >= 0.6 is 11.3 Å². The Bertz CT molecular complexity index is 491. The van der Waals surface area contributed by atoms with Crippen molar-refractivity contribution in [3.63, 3.8) is 0 Å². The van der Waals surface area contributed by atoms with Crippen molar-refractivity contribution in [3.05, 3.63) is 51.5 Å². The second-order valence-electron chi connectivity index (χ2n) is 3.72. The van der Waals surface area contributed by atoms with E-state index in [1.165, 1.54) is 23.5 Å². The number of nitrogens with zero attached hydrogens (tertiary/aromatic N) is 1. The fraction of sp³-hybridized carbons (Fsp3) is 0.250. The fourth-order valence-electron chi connectivity index (χ4n) is 1.58. The third kappa shape index (κ3) is 3.31. The third-order valence-corrected chi connectivity index (χ3v) is 3.13. The lowest BCUT2D eigenvalue weighted by molar-refractivity contribution is 0.580. The van der Waals surface area contributed by atoms with Crippen molar-refractivity contribution in [3.8, 4) is 0 Å². The molecule has 5 heteroatoms. The summed E-state index contributed by atoms with van der Waals surface area (Å²) in [5.74, 6) is -1.10. The normalized spacial score (nSPS) is 10.8. The lowest BCUT2D eigenvalue weighted by Gasteiger charge is -1.99. The molecule has 2 nitrogen and oxygen atoms in total. The maximum absolute atomic E-state index is 13.0. The van der Waals surface area contributed by atoms with E-state index < -0.39 is 11.6 Å². The molecule has 1 heterocycles. The Morgan fingerprint density at radius 1 is 1.24 bits per heavy atom. The van der Waals surface area contributed by atoms with Crippen molar-refractivity contribution in [2.45, 2.75) is 13.0 Å². The summed E-state index contributed by atoms with van der Waals surface area (Å²) in [5.41, 5.74) is 1.55. The van der Waals surface area contributed by atoms with E-state index in [9.17, 15) is 8.78 Å². The highest BCUT2D eigenvalue weighted by Gasteiger charge is 2.05. The van der Waals surface area contributed by atoms with Gasteiger partial charge in [0.25, 0.3) is 0 Å². The summed E-state index contributed by atoms with van der Waals surface area (Å²) in [6.45, 7) is 0.702. The van der Waals surface area contributed by atoms with Gasteiger partial charge in [0.1, 0.15) is 11.6 Å². The first-order chi connectivity index (χ1) is 8.17. The Balaban J connectivity index is 2.13. The standard InChI is InChI=1S/C12H12F2N2S/c1-15-6-11-7-17-12(16-11)4-8-2-9(13)5-10(14)3-8/h2-3,5,7,15H,4,6H2,1H3. The van der Waals surface area contributed by atoms with Crippen LogP contribution in [0.4, 0.5) is 8.78 Å². The smallest absolute Gasteiger partial charge is 0.126 e. The molecule has 0 aliphatic carbocycles. The zero-order valence-corrected chi connectivity index (χ0v) is 10.2. The number of aromatic nitrogens is 1. The van der Waals surface area contributed by atoms with Crippen LogP contribution in [-0.2, 0) is 13.0 Å². The molecule has 0 radical (unpaired) electrons. The Hall–Kier alpha value is -1.33. The largest absolute Gasteiger partial charge is 0.314 e. The maximum Gasteiger partial charge on any atom is 0.126 e. The van der Waals surface area contributed by atoms with Crippen molar-refractivity contribution in [2.24, 2.45) is 0 Å². The van der Waals surface area contributed by atoms with Crippen LogP contribution < -0.4 is 5.32 Å². The molecule has 0 saturated heterocycles. The number of nitrogens with one attached hydrogen (secondary N) is 1. The van der Waals surface area contributed by atoms with Gasteiger partial charge >= 0.3 is 0 Å². The minimum absolute atomic E-state index is 0.461. The number of benzene rings is 1. The SMILES string of the molecule is CNCc1csc(Cc2cc(F)cc(F)c2)n1. The quantitative estimate of drug-likeness (QED) is 0.907. The second-order valence-corrected chi connectivity index (χ2v) is 4.66. The Morgan fingerprint density at radius 3 is 2.59 bits per heavy atom. The molecule has 1 aromatic heterocycles. The highest BCUT2D eigenvalue weighted by molar-refractivity contribution is 7.09. The monoisotopic (exact) mass is 254 g/mol. The lowest BCUT2D eigenvalue weighted by atomic mass is 10.1. The van der Waals surface area contributed by atoms with E-state index in [2.05, 4.69) is 10.3 Å². The molecule has 2 rings (SSSR count). The molecule has 0 aliphatic heterocycles. The average Bonchev–Trinajstić information content (AvgIpc) is 2.64. The molecule has 0 unspecified atom stereocenters. The van der Waals surface area contributed by atoms with Crippen LogP contribution in [0.15, 0.2) is 23.6 Å². The van der Waals surface area contributed by atoms with Crippen molar-refractivity contribution in [1.29, 1.82) is 0 Å². The summed E-state index contributed by atoms with van der Waals surface area (Å²) in [6, 6.07) is 3.54. The van der Waals surface area contributed by atoms with Gasteiger partial charge in [-0.2, -0.15) is 0 Å². The average molecular weight is 254 g/mol. The minimum atomic E-state index is -0.549. The first kappa shape index (κ1) is 12.1. The number of halogens is 2. The third-order valence-electron chi connectivity index (χ3n) is 2.23. The summed E-state index contributed by atoms with van der Waals surface area (Å²) in [7, 11) is 1.85. The Morgan fingerprint density at radius 2 is 1.94 bits per heavy atom. The zero-order chi connectivity index (χ0) is 12.3. The molecule has 1 N–H and O–H groups in total. The number of hydrogen-bond acceptors (Lipinski definition) is 3. The van der Waals surface area contributed by atoms with Crippen molar-refractivity contribution in [2.75, 3.05) is 7.05 Å². The summed E-state index contributed by atoms with van der Waals surface area (Å²) in [6.07, 6.45) is 0.461. The van der Waals surface area contributed by atoms with E-state index in [0.717, 1.165) is 16.8 Å². The van der Waals surface area contributed by atoms with Gasteiger partial charge in [0.15, 0.2) is 0 Å². The first-order valence-corrected chi connectivity index (χ1v) is 6.08. The first-order valence-electron chi connectivity index (χ1n) is 5.20. The van der Waals surface area contributed by atoms with E-state index in [-0.39, 0.29) is 0 Å². The molecule has 0 atom stereocenters. The molecule has 90 valence electrons. The van der Waals surface area contributed by atoms with E-state index >= 15 is 0 Å². The molecule has 0 fully saturated rings. The molecule has 0 saturated carbocycles. The van der Waals surface area contributed by atoms with Crippen LogP contribution in [0.25, 0.3) is 0 Å². The van der Waals surface area contributed by atoms with Crippen LogP contribution in [0, 0.1) is 11.6 Å². The molecular formula is C12H12F2N2S. The van der Waals surface area contributed by atoms with Gasteiger partial charge in [-0.3, -0.25) is 0 Å². The molecule has 0 bridgehead atoms. The fourth-order valence-corrected chi connectivity index (χ4v) is 2.41. The predicted octanol–water partition coefficient (Wildman–Crippen LogP) is 2.73. The Kier molecular flexibility index (Phi) is 3.81. The van der Waals surface area contributed by atoms with Crippen LogP contribution in [0.1, 0.15) is 16.3 Å². The number of thiazole rings is 1. The van der Waals surface area contributed by atoms with Gasteiger partial charge in [-0.05, 0) is 24.7 Å². The summed E-state index contributed by atoms with van der Waals surface area (Å²) in [4.78, 5) is 4.37. The minimum Gasteiger partial charge on any atom is -0.314 e. The number of hydrogen-bond donors (Lipinski definition) is 1. The van der Waals surface area contributed by atoms with Gasteiger partial charge in [-0.15, -0.1) is 11.3 Å². The highest BCUT2D eigenvalue weighted by atomic mass is 32.1. The zero-order valence-electron chi connectivity index (χ0n) is 9.34. The summed E-state index contributed by atoms with van der Waals surface area (Å²) >= 11 is 1.50. The molecule has 0 spiro atoms. The van der Waals surface area contributed by atoms with Gasteiger partial charge in [0.05, 0.1) is 10.7 Å². The second kappa shape index (κ2) is 5.33. The highest BCUT2D eigenvalue weighted by Crippen LogP contribution is 2.16. The molecule has 2 aromatic rings. The van der Waals surface area contributed by atoms with E-state index in [1.807, 2.05) is 12.4 Å². The van der Waals surface area contributed by atoms with E-state index in [1.54, 1.807) is 0 Å². The lowest BCUT2D eigenvalue weighted by Crippen LogP contribution is -2.05. The van der Waals surface area contributed by atoms with Crippen molar-refractivity contribution < 1.29 is 8.78 Å². The molecule has 1 aromatic carbocycles. The van der Waals surface area contributed by atoms with Crippen molar-refractivity contribution >= 4 is 11.3 Å². The summed E-state index contributed by atoms with van der Waals surface area (Å²) < 4.78 is 26.0. The van der Waals surface area contributed by atoms with Crippen LogP contribution in [0.3, 0.4) is 0 Å².